The first-order chi connectivity index (χ1) is 9.50. The maximum atomic E-state index is 13.3. The van der Waals surface area contributed by atoms with Crippen LogP contribution in [0.5, 0.6) is 0 Å². The van der Waals surface area contributed by atoms with Gasteiger partial charge in [0.25, 0.3) is 0 Å². The fourth-order valence-electron chi connectivity index (χ4n) is 3.11. The van der Waals surface area contributed by atoms with Crippen LogP contribution in [0.2, 0.25) is 0 Å². The molecule has 0 heterocycles. The van der Waals surface area contributed by atoms with Gasteiger partial charge >= 0.3 is 0 Å². The van der Waals surface area contributed by atoms with Gasteiger partial charge in [0, 0.05) is 18.9 Å². The van der Waals surface area contributed by atoms with Crippen LogP contribution in [0.3, 0.4) is 0 Å². The van der Waals surface area contributed by atoms with Gasteiger partial charge in [0.05, 0.1) is 0 Å². The number of rotatable bonds is 5. The lowest BCUT2D eigenvalue weighted by atomic mass is 9.80. The molecule has 3 heteroatoms. The average Bonchev–Trinajstić information content (AvgIpc) is 2.41. The van der Waals surface area contributed by atoms with Crippen molar-refractivity contribution in [2.24, 2.45) is 5.92 Å². The molecule has 1 atom stereocenters. The summed E-state index contributed by atoms with van der Waals surface area (Å²) >= 11 is 0. The molecule has 0 radical (unpaired) electrons. The summed E-state index contributed by atoms with van der Waals surface area (Å²) in [5, 5.41) is 3.50. The van der Waals surface area contributed by atoms with Gasteiger partial charge in [0.15, 0.2) is 0 Å². The van der Waals surface area contributed by atoms with E-state index in [1.165, 1.54) is 11.1 Å². The number of hydrogen-bond acceptors (Lipinski definition) is 1. The molecule has 1 unspecified atom stereocenters. The molecule has 0 bridgehead atoms. The Morgan fingerprint density at radius 2 is 1.80 bits per heavy atom. The topological polar surface area (TPSA) is 12.0 Å². The van der Waals surface area contributed by atoms with Crippen LogP contribution in [0, 0.1) is 12.8 Å². The van der Waals surface area contributed by atoms with Crippen molar-refractivity contribution in [1.29, 1.82) is 0 Å². The van der Waals surface area contributed by atoms with Crippen LogP contribution >= 0.6 is 0 Å². The summed E-state index contributed by atoms with van der Waals surface area (Å²) in [5.41, 5.74) is 2.55. The zero-order chi connectivity index (χ0) is 14.6. The number of halogens is 2. The van der Waals surface area contributed by atoms with E-state index >= 15 is 0 Å². The summed E-state index contributed by atoms with van der Waals surface area (Å²) < 4.78 is 26.6. The molecule has 0 aromatic heterocycles. The summed E-state index contributed by atoms with van der Waals surface area (Å²) in [6.45, 7) is 5.05. The smallest absolute Gasteiger partial charge is 0.248 e. The summed E-state index contributed by atoms with van der Waals surface area (Å²) in [5.74, 6) is -2.06. The van der Waals surface area contributed by atoms with Gasteiger partial charge in [0.1, 0.15) is 0 Å². The van der Waals surface area contributed by atoms with Crippen molar-refractivity contribution < 1.29 is 8.78 Å². The highest BCUT2D eigenvalue weighted by Gasteiger charge is 2.37. The molecule has 112 valence electrons. The van der Waals surface area contributed by atoms with Gasteiger partial charge in [-0.05, 0) is 44.2 Å². The summed E-state index contributed by atoms with van der Waals surface area (Å²) in [6.07, 6.45) is 2.30. The molecule has 2 rings (SSSR count). The first kappa shape index (κ1) is 15.4. The summed E-state index contributed by atoms with van der Waals surface area (Å²) in [4.78, 5) is 0. The van der Waals surface area contributed by atoms with E-state index in [0.29, 0.717) is 24.8 Å². The molecule has 0 spiro atoms. The molecular weight excluding hydrogens is 256 g/mol. The van der Waals surface area contributed by atoms with Crippen LogP contribution in [0.1, 0.15) is 43.7 Å². The molecule has 1 saturated carbocycles. The van der Waals surface area contributed by atoms with E-state index in [-0.39, 0.29) is 12.8 Å². The van der Waals surface area contributed by atoms with Crippen molar-refractivity contribution in [3.8, 4) is 0 Å². The Morgan fingerprint density at radius 3 is 2.35 bits per heavy atom. The van der Waals surface area contributed by atoms with Crippen LogP contribution in [-0.2, 0) is 6.42 Å². The fourth-order valence-corrected chi connectivity index (χ4v) is 3.11. The molecule has 1 aliphatic carbocycles. The minimum absolute atomic E-state index is 0.0491. The van der Waals surface area contributed by atoms with Crippen molar-refractivity contribution in [3.05, 3.63) is 35.4 Å². The van der Waals surface area contributed by atoms with E-state index in [9.17, 15) is 8.78 Å². The third kappa shape index (κ3) is 4.27. The van der Waals surface area contributed by atoms with E-state index in [1.54, 1.807) is 0 Å². The number of alkyl halides is 2. The molecule has 20 heavy (non-hydrogen) atoms. The van der Waals surface area contributed by atoms with Gasteiger partial charge in [-0.25, -0.2) is 8.78 Å². The van der Waals surface area contributed by atoms with Gasteiger partial charge in [-0.3, -0.25) is 0 Å². The standard InChI is InChI=1S/C17H25F2N/c1-3-20-16(12-14-6-4-13(2)5-7-14)15-8-10-17(18,19)11-9-15/h4-7,15-16,20H,3,8-12H2,1-2H3. The van der Waals surface area contributed by atoms with Crippen molar-refractivity contribution in [1.82, 2.24) is 5.32 Å². The zero-order valence-electron chi connectivity index (χ0n) is 12.5. The lowest BCUT2D eigenvalue weighted by molar-refractivity contribution is -0.0494. The Hall–Kier alpha value is -0.960. The van der Waals surface area contributed by atoms with Gasteiger partial charge in [-0.15, -0.1) is 0 Å². The van der Waals surface area contributed by atoms with Crippen LogP contribution in [-0.4, -0.2) is 18.5 Å². The van der Waals surface area contributed by atoms with E-state index in [4.69, 9.17) is 0 Å². The number of nitrogens with one attached hydrogen (secondary N) is 1. The second kappa shape index (κ2) is 6.66. The van der Waals surface area contributed by atoms with Crippen LogP contribution < -0.4 is 5.32 Å². The molecule has 1 N–H and O–H groups in total. The predicted octanol–water partition coefficient (Wildman–Crippen LogP) is 4.34. The Morgan fingerprint density at radius 1 is 1.20 bits per heavy atom. The molecular formula is C17H25F2N. The first-order valence-corrected chi connectivity index (χ1v) is 7.67. The Kier molecular flexibility index (Phi) is 5.14. The molecule has 1 nitrogen and oxygen atoms in total. The monoisotopic (exact) mass is 281 g/mol. The lowest BCUT2D eigenvalue weighted by Gasteiger charge is -2.34. The van der Waals surface area contributed by atoms with Crippen molar-refractivity contribution in [2.75, 3.05) is 6.54 Å². The zero-order valence-corrected chi connectivity index (χ0v) is 12.5. The third-order valence-corrected chi connectivity index (χ3v) is 4.37. The molecule has 0 amide bonds. The van der Waals surface area contributed by atoms with E-state index in [1.807, 2.05) is 0 Å². The van der Waals surface area contributed by atoms with Crippen molar-refractivity contribution in [3.63, 3.8) is 0 Å². The molecule has 0 saturated heterocycles. The van der Waals surface area contributed by atoms with Crippen molar-refractivity contribution in [2.45, 2.75) is 57.9 Å². The summed E-state index contributed by atoms with van der Waals surface area (Å²) in [7, 11) is 0. The van der Waals surface area contributed by atoms with Gasteiger partial charge in [-0.1, -0.05) is 36.8 Å². The van der Waals surface area contributed by atoms with E-state index < -0.39 is 5.92 Å². The highest BCUT2D eigenvalue weighted by molar-refractivity contribution is 5.22. The molecule has 1 fully saturated rings. The molecule has 1 aromatic rings. The van der Waals surface area contributed by atoms with Gasteiger partial charge in [-0.2, -0.15) is 0 Å². The van der Waals surface area contributed by atoms with Crippen LogP contribution in [0.25, 0.3) is 0 Å². The third-order valence-electron chi connectivity index (χ3n) is 4.37. The molecule has 1 aromatic carbocycles. The summed E-state index contributed by atoms with van der Waals surface area (Å²) in [6, 6.07) is 8.85. The maximum absolute atomic E-state index is 13.3. The second-order valence-corrected chi connectivity index (χ2v) is 6.05. The van der Waals surface area contributed by atoms with Crippen LogP contribution in [0.15, 0.2) is 24.3 Å². The Labute approximate surface area is 120 Å². The minimum atomic E-state index is -2.43. The maximum Gasteiger partial charge on any atom is 0.248 e. The lowest BCUT2D eigenvalue weighted by Crippen LogP contribution is -2.41. The number of likely N-dealkylation sites (N-methyl/N-ethyl adjacent to an activating group) is 1. The van der Waals surface area contributed by atoms with Gasteiger partial charge in [0.2, 0.25) is 5.92 Å². The Bertz CT molecular complexity index is 404. The number of benzene rings is 1. The highest BCUT2D eigenvalue weighted by Crippen LogP contribution is 2.38. The average molecular weight is 281 g/mol. The van der Waals surface area contributed by atoms with E-state index in [2.05, 4.69) is 43.4 Å². The highest BCUT2D eigenvalue weighted by atomic mass is 19.3. The second-order valence-electron chi connectivity index (χ2n) is 6.05. The predicted molar refractivity (Wildman–Crippen MR) is 79.3 cm³/mol. The fraction of sp³-hybridized carbons (Fsp3) is 0.647. The molecule has 0 aliphatic heterocycles. The number of hydrogen-bond donors (Lipinski definition) is 1. The first-order valence-electron chi connectivity index (χ1n) is 7.67. The quantitative estimate of drug-likeness (QED) is 0.846. The Balaban J connectivity index is 1.98. The molecule has 1 aliphatic rings. The SMILES string of the molecule is CCNC(Cc1ccc(C)cc1)C1CCC(F)(F)CC1. The minimum Gasteiger partial charge on any atom is -0.314 e. The van der Waals surface area contributed by atoms with Crippen LogP contribution in [0.4, 0.5) is 8.78 Å². The normalized spacial score (nSPS) is 20.8. The van der Waals surface area contributed by atoms with Gasteiger partial charge < -0.3 is 5.32 Å². The van der Waals surface area contributed by atoms with E-state index in [0.717, 1.165) is 13.0 Å². The largest absolute Gasteiger partial charge is 0.314 e. The van der Waals surface area contributed by atoms with Crippen molar-refractivity contribution >= 4 is 0 Å². The number of aryl methyl sites for hydroxylation is 1.